The average Bonchev–Trinajstić information content (AvgIpc) is 3.03. The maximum Gasteiger partial charge on any atom is 0.249 e. The molecule has 9 heteroatoms. The van der Waals surface area contributed by atoms with Crippen LogP contribution >= 0.6 is 0 Å². The van der Waals surface area contributed by atoms with E-state index in [1.165, 1.54) is 4.68 Å². The number of benzene rings is 1. The van der Waals surface area contributed by atoms with Crippen molar-refractivity contribution in [1.29, 1.82) is 0 Å². The minimum absolute atomic E-state index is 0.0897. The number of carbonyl (C=O) groups excluding carboxylic acids is 2. The van der Waals surface area contributed by atoms with Gasteiger partial charge in [-0.1, -0.05) is 32.4 Å². The zero-order valence-electron chi connectivity index (χ0n) is 18.8. The third-order valence-electron chi connectivity index (χ3n) is 6.34. The zero-order chi connectivity index (χ0) is 23.0. The summed E-state index contributed by atoms with van der Waals surface area (Å²) in [6.07, 6.45) is 3.30. The third kappa shape index (κ3) is 4.11. The Balaban J connectivity index is 1.83. The molecule has 0 radical (unpaired) electrons. The van der Waals surface area contributed by atoms with Crippen LogP contribution in [-0.4, -0.2) is 47.4 Å². The van der Waals surface area contributed by atoms with Gasteiger partial charge in [0.15, 0.2) is 0 Å². The summed E-state index contributed by atoms with van der Waals surface area (Å²) in [5, 5.41) is 7.32. The van der Waals surface area contributed by atoms with E-state index < -0.39 is 10.0 Å². The van der Waals surface area contributed by atoms with Crippen LogP contribution in [-0.2, 0) is 21.2 Å². The molecule has 0 spiro atoms. The van der Waals surface area contributed by atoms with Crippen LogP contribution in [0.4, 0.5) is 5.82 Å². The molecule has 1 amide bonds. The van der Waals surface area contributed by atoms with E-state index in [1.54, 1.807) is 23.4 Å². The molecule has 8 nitrogen and oxygen atoms in total. The minimum Gasteiger partial charge on any atom is -0.310 e. The van der Waals surface area contributed by atoms with Gasteiger partial charge in [0.25, 0.3) is 0 Å². The van der Waals surface area contributed by atoms with E-state index in [-0.39, 0.29) is 29.6 Å². The molecule has 0 bridgehead atoms. The van der Waals surface area contributed by atoms with Gasteiger partial charge in [0.1, 0.15) is 5.82 Å². The normalized spacial score (nSPS) is 18.3. The lowest BCUT2D eigenvalue weighted by Gasteiger charge is -2.30. The number of piperidine rings is 1. The van der Waals surface area contributed by atoms with Crippen LogP contribution in [0.5, 0.6) is 0 Å². The summed E-state index contributed by atoms with van der Waals surface area (Å²) < 4.78 is 29.8. The summed E-state index contributed by atoms with van der Waals surface area (Å²) in [5.74, 6) is 0.363. The van der Waals surface area contributed by atoms with E-state index in [4.69, 9.17) is 0 Å². The fourth-order valence-electron chi connectivity index (χ4n) is 4.39. The summed E-state index contributed by atoms with van der Waals surface area (Å²) >= 11 is 0. The predicted octanol–water partition coefficient (Wildman–Crippen LogP) is 3.60. The Morgan fingerprint density at radius 1 is 1.16 bits per heavy atom. The number of nitrogens with zero attached hydrogens (tertiary/aromatic N) is 3. The van der Waals surface area contributed by atoms with Crippen molar-refractivity contribution in [2.24, 2.45) is 5.92 Å². The molecule has 1 N–H and O–H groups in total. The molecular formula is C23H30N4O4S. The molecule has 1 fully saturated rings. The van der Waals surface area contributed by atoms with E-state index >= 15 is 0 Å². The van der Waals surface area contributed by atoms with Crippen LogP contribution < -0.4 is 5.32 Å². The summed E-state index contributed by atoms with van der Waals surface area (Å²) in [6, 6.07) is 5.29. The molecule has 1 aromatic carbocycles. The highest BCUT2D eigenvalue weighted by atomic mass is 32.2. The van der Waals surface area contributed by atoms with Gasteiger partial charge >= 0.3 is 0 Å². The summed E-state index contributed by atoms with van der Waals surface area (Å²) in [5.41, 5.74) is 2.61. The van der Waals surface area contributed by atoms with Gasteiger partial charge in [-0.05, 0) is 49.3 Å². The first kappa shape index (κ1) is 22.7. The predicted molar refractivity (Wildman–Crippen MR) is 122 cm³/mol. The number of sulfonamides is 1. The van der Waals surface area contributed by atoms with Crippen LogP contribution in [0.15, 0.2) is 23.1 Å². The first-order valence-electron chi connectivity index (χ1n) is 11.3. The molecule has 2 aliphatic rings. The van der Waals surface area contributed by atoms with E-state index in [0.717, 1.165) is 19.3 Å². The molecular weight excluding hydrogens is 428 g/mol. The van der Waals surface area contributed by atoms with Crippen LogP contribution in [0.25, 0.3) is 11.1 Å². The average molecular weight is 459 g/mol. The molecule has 2 aliphatic heterocycles. The Morgan fingerprint density at radius 2 is 1.88 bits per heavy atom. The van der Waals surface area contributed by atoms with Crippen molar-refractivity contribution in [3.8, 4) is 11.1 Å². The van der Waals surface area contributed by atoms with Crippen molar-refractivity contribution in [2.45, 2.75) is 64.2 Å². The molecule has 0 aliphatic carbocycles. The van der Waals surface area contributed by atoms with Gasteiger partial charge in [-0.3, -0.25) is 9.59 Å². The Labute approximate surface area is 189 Å². The van der Waals surface area contributed by atoms with Crippen molar-refractivity contribution < 1.29 is 18.0 Å². The van der Waals surface area contributed by atoms with Crippen LogP contribution in [0.3, 0.4) is 0 Å². The van der Waals surface area contributed by atoms with Gasteiger partial charge < -0.3 is 5.32 Å². The van der Waals surface area contributed by atoms with E-state index in [2.05, 4.69) is 17.3 Å². The molecule has 1 saturated heterocycles. The van der Waals surface area contributed by atoms with Crippen molar-refractivity contribution in [3.63, 3.8) is 0 Å². The molecule has 1 aromatic heterocycles. The Bertz CT molecular complexity index is 1160. The SMILES string of the molecule is CCCc1nn2c(c1-c1ccc(C)c(S(=O)(=O)N3CCC(C)CC3)c1)NC(=O)CCC2=O. The Kier molecular flexibility index (Phi) is 6.22. The van der Waals surface area contributed by atoms with Crippen LogP contribution in [0, 0.1) is 12.8 Å². The van der Waals surface area contributed by atoms with Gasteiger partial charge in [-0.2, -0.15) is 14.1 Å². The highest BCUT2D eigenvalue weighted by Gasteiger charge is 2.31. The fourth-order valence-corrected chi connectivity index (χ4v) is 6.11. The highest BCUT2D eigenvalue weighted by molar-refractivity contribution is 7.89. The van der Waals surface area contributed by atoms with Crippen molar-refractivity contribution in [3.05, 3.63) is 29.5 Å². The van der Waals surface area contributed by atoms with E-state index in [1.807, 2.05) is 13.0 Å². The number of amides is 1. The lowest BCUT2D eigenvalue weighted by Crippen LogP contribution is -2.38. The number of hydrogen-bond acceptors (Lipinski definition) is 5. The number of hydrogen-bond donors (Lipinski definition) is 1. The number of fused-ring (bicyclic) bond motifs is 1. The minimum atomic E-state index is -3.65. The van der Waals surface area contributed by atoms with Crippen molar-refractivity contribution in [1.82, 2.24) is 14.1 Å². The van der Waals surface area contributed by atoms with Gasteiger partial charge in [0.05, 0.1) is 10.6 Å². The molecule has 0 saturated carbocycles. The van der Waals surface area contributed by atoms with Crippen molar-refractivity contribution in [2.75, 3.05) is 18.4 Å². The lowest BCUT2D eigenvalue weighted by atomic mass is 10.0. The molecule has 2 aromatic rings. The molecule has 172 valence electrons. The monoisotopic (exact) mass is 458 g/mol. The summed E-state index contributed by atoms with van der Waals surface area (Å²) in [4.78, 5) is 25.1. The standard InChI is InChI=1S/C23H30N4O4S/c1-4-5-18-22(23-24-20(28)8-9-21(29)27(23)25-18)17-7-6-16(3)19(14-17)32(30,31)26-12-10-15(2)11-13-26/h6-7,14-15H,4-5,8-13H2,1-3H3,(H,24,28). The van der Waals surface area contributed by atoms with Crippen LogP contribution in [0.1, 0.15) is 62.0 Å². The highest BCUT2D eigenvalue weighted by Crippen LogP contribution is 2.37. The second-order valence-electron chi connectivity index (χ2n) is 8.84. The number of aromatic nitrogens is 2. The fraction of sp³-hybridized carbons (Fsp3) is 0.522. The van der Waals surface area contributed by atoms with Gasteiger partial charge in [0.2, 0.25) is 21.8 Å². The smallest absolute Gasteiger partial charge is 0.249 e. The van der Waals surface area contributed by atoms with Gasteiger partial charge in [-0.25, -0.2) is 8.42 Å². The second-order valence-corrected chi connectivity index (χ2v) is 10.7. The van der Waals surface area contributed by atoms with E-state index in [9.17, 15) is 18.0 Å². The topological polar surface area (TPSA) is 101 Å². The largest absolute Gasteiger partial charge is 0.310 e. The van der Waals surface area contributed by atoms with E-state index in [0.29, 0.717) is 53.6 Å². The first-order chi connectivity index (χ1) is 15.2. The maximum absolute atomic E-state index is 13.5. The van der Waals surface area contributed by atoms with Gasteiger partial charge in [0, 0.05) is 31.5 Å². The molecule has 32 heavy (non-hydrogen) atoms. The maximum atomic E-state index is 13.5. The molecule has 0 atom stereocenters. The lowest BCUT2D eigenvalue weighted by molar-refractivity contribution is -0.116. The van der Waals surface area contributed by atoms with Gasteiger partial charge in [-0.15, -0.1) is 0 Å². The second kappa shape index (κ2) is 8.78. The summed E-state index contributed by atoms with van der Waals surface area (Å²) in [6.45, 7) is 6.98. The molecule has 3 heterocycles. The number of rotatable bonds is 5. The van der Waals surface area contributed by atoms with Crippen LogP contribution in [0.2, 0.25) is 0 Å². The number of aryl methyl sites for hydroxylation is 2. The molecule has 4 rings (SSSR count). The number of anilines is 1. The zero-order valence-corrected chi connectivity index (χ0v) is 19.7. The number of carbonyl (C=O) groups is 2. The first-order valence-corrected chi connectivity index (χ1v) is 12.7. The third-order valence-corrected chi connectivity index (χ3v) is 8.38. The Hall–Kier alpha value is -2.52. The summed E-state index contributed by atoms with van der Waals surface area (Å²) in [7, 11) is -3.65. The van der Waals surface area contributed by atoms with Crippen molar-refractivity contribution >= 4 is 27.7 Å². The Morgan fingerprint density at radius 3 is 2.56 bits per heavy atom. The molecule has 0 unspecified atom stereocenters. The number of nitrogens with one attached hydrogen (secondary N) is 1. The quantitative estimate of drug-likeness (QED) is 0.738.